The number of hydrogen-bond acceptors (Lipinski definition) is 14. The van der Waals surface area contributed by atoms with Crippen LogP contribution in [0.1, 0.15) is 61.9 Å². The standard InChI is InChI=1S/2C7H8.4C6H6O3.2C2H5O.2C2H5.4Zn/c2*1-7-5-3-2-4-6-7;4*1-4-6(8)5(7)2-3-9-4;2*1-2-3;2*1-2;;;;/h2*2-6H,1H3;4*2-3,8H,1H3;2*2H2,1H3;2*1H2,2H3;;;;/q;;;;;;4*-1;4*+2/p-4. The summed E-state index contributed by atoms with van der Waals surface area (Å²) in [6, 6.07) is 24.9. The van der Waals surface area contributed by atoms with Gasteiger partial charge in [-0.15, -0.1) is 13.2 Å². The largest absolute Gasteiger partial charge is 2.00 e. The van der Waals surface area contributed by atoms with Crippen LogP contribution in [0.3, 0.4) is 0 Å². The molecule has 0 aliphatic rings. The maximum absolute atomic E-state index is 10.6. The van der Waals surface area contributed by atoms with Crippen molar-refractivity contribution in [2.24, 2.45) is 0 Å². The molecule has 6 rings (SSSR count). The molecule has 0 saturated carbocycles. The number of rotatable bonds is 0. The number of hydrogen-bond donors (Lipinski definition) is 0. The minimum absolute atomic E-state index is 0. The van der Waals surface area contributed by atoms with Crippen LogP contribution in [0.5, 0.6) is 23.0 Å². The minimum atomic E-state index is -0.558. The third kappa shape index (κ3) is 40.6. The van der Waals surface area contributed by atoms with Crippen molar-refractivity contribution in [3.63, 3.8) is 0 Å². The van der Waals surface area contributed by atoms with Crippen molar-refractivity contribution >= 4 is 0 Å². The second-order valence-corrected chi connectivity index (χ2v) is 10.6. The molecule has 0 amide bonds. The third-order valence-electron chi connectivity index (χ3n) is 5.91. The van der Waals surface area contributed by atoms with Gasteiger partial charge < -0.3 is 62.2 Å². The van der Waals surface area contributed by atoms with E-state index in [1.165, 1.54) is 63.9 Å². The topological polar surface area (TPSA) is 259 Å². The number of benzene rings is 2. The summed E-state index contributed by atoms with van der Waals surface area (Å²) >= 11 is 0. The first-order valence-corrected chi connectivity index (χ1v) is 18.1. The van der Waals surface area contributed by atoms with E-state index >= 15 is 0 Å². The van der Waals surface area contributed by atoms with Crippen LogP contribution in [0.4, 0.5) is 0 Å². The van der Waals surface area contributed by atoms with Crippen molar-refractivity contribution < 1.29 is 126 Å². The summed E-state index contributed by atoms with van der Waals surface area (Å²) in [6.07, 6.45) is 4.83. The van der Waals surface area contributed by atoms with Crippen molar-refractivity contribution in [3.05, 3.63) is 199 Å². The molecule has 6 aromatic rings. The van der Waals surface area contributed by atoms with Crippen LogP contribution in [0, 0.1) is 55.4 Å². The van der Waals surface area contributed by atoms with Crippen molar-refractivity contribution in [2.45, 2.75) is 69.2 Å². The molecule has 0 unspecified atom stereocenters. The molecule has 14 nitrogen and oxygen atoms in total. The van der Waals surface area contributed by atoms with Crippen LogP contribution in [0.25, 0.3) is 0 Å². The summed E-state index contributed by atoms with van der Waals surface area (Å²) < 4.78 is 18.5. The SMILES string of the molecule is CC[O-].CC[O-].Cc1ccccc1.Cc1ccccc1.Cc1occc(=O)c1[O-].Cc1occc(=O)c1[O-].Cc1occc(=O)c1[O-].Cc1occc(=O)c1[O-].[CH2-]C.[CH2-]C.[Zn+2].[Zn+2].[Zn+2].[Zn+2]. The summed E-state index contributed by atoms with van der Waals surface area (Å²) in [6.45, 7) is 23.2. The smallest absolute Gasteiger partial charge is 0.868 e. The van der Waals surface area contributed by atoms with E-state index in [0.717, 1.165) is 24.3 Å². The maximum Gasteiger partial charge on any atom is 2.00 e. The molecule has 0 saturated heterocycles. The predicted octanol–water partition coefficient (Wildman–Crippen LogP) is 4.48. The van der Waals surface area contributed by atoms with Crippen molar-refractivity contribution in [2.75, 3.05) is 13.2 Å². The molecule has 332 valence electrons. The third-order valence-corrected chi connectivity index (χ3v) is 5.91. The van der Waals surface area contributed by atoms with Crippen LogP contribution in [0.2, 0.25) is 0 Å². The molecular formula is C46H56O14Zn4. The maximum atomic E-state index is 10.6. The van der Waals surface area contributed by atoms with Crippen LogP contribution in [-0.2, 0) is 77.9 Å². The molecule has 0 bridgehead atoms. The Hall–Kier alpha value is -4.15. The van der Waals surface area contributed by atoms with E-state index in [0.29, 0.717) is 0 Å². The zero-order valence-electron chi connectivity index (χ0n) is 38.8. The zero-order chi connectivity index (χ0) is 47.1. The summed E-state index contributed by atoms with van der Waals surface area (Å²) in [5, 5.41) is 60.1. The molecule has 0 spiro atoms. The van der Waals surface area contributed by atoms with Gasteiger partial charge in [0.15, 0.2) is 21.7 Å². The fourth-order valence-corrected chi connectivity index (χ4v) is 3.07. The first-order valence-electron chi connectivity index (χ1n) is 18.1. The molecule has 0 aliphatic heterocycles. The van der Waals surface area contributed by atoms with Crippen LogP contribution < -0.4 is 52.4 Å². The Morgan fingerprint density at radius 1 is 0.375 bits per heavy atom. The fraction of sp³-hybridized carbons (Fsp3) is 0.261. The minimum Gasteiger partial charge on any atom is -0.868 e. The Morgan fingerprint density at radius 3 is 0.625 bits per heavy atom. The van der Waals surface area contributed by atoms with E-state index < -0.39 is 44.7 Å². The van der Waals surface area contributed by atoms with Gasteiger partial charge in [-0.3, -0.25) is 19.2 Å². The second kappa shape index (κ2) is 51.5. The average molecular weight is 1090 g/mol. The molecule has 18 heteroatoms. The Labute approximate surface area is 427 Å². The van der Waals surface area contributed by atoms with Gasteiger partial charge in [0.1, 0.15) is 0 Å². The Bertz CT molecular complexity index is 1890. The molecule has 0 atom stereocenters. The van der Waals surface area contributed by atoms with Crippen molar-refractivity contribution in [1.29, 1.82) is 0 Å². The number of aryl methyl sites for hydroxylation is 6. The van der Waals surface area contributed by atoms with Gasteiger partial charge in [-0.05, 0) is 64.5 Å². The van der Waals surface area contributed by atoms with Crippen LogP contribution in [-0.4, -0.2) is 13.2 Å². The summed E-state index contributed by atoms with van der Waals surface area (Å²) in [5.74, 6) is -1.67. The normalized spacial score (nSPS) is 7.97. The van der Waals surface area contributed by atoms with Gasteiger partial charge in [-0.1, -0.05) is 85.6 Å². The Kier molecular flexibility index (Phi) is 62.0. The van der Waals surface area contributed by atoms with Crippen molar-refractivity contribution in [3.8, 4) is 23.0 Å². The zero-order valence-corrected chi connectivity index (χ0v) is 50.6. The monoisotopic (exact) mass is 1090 g/mol. The van der Waals surface area contributed by atoms with Crippen LogP contribution >= 0.6 is 0 Å². The van der Waals surface area contributed by atoms with E-state index in [2.05, 4.69) is 69.6 Å². The van der Waals surface area contributed by atoms with Gasteiger partial charge >= 0.3 is 77.9 Å². The molecule has 0 radical (unpaired) electrons. The van der Waals surface area contributed by atoms with E-state index in [1.807, 2.05) is 36.4 Å². The van der Waals surface area contributed by atoms with Crippen LogP contribution in [0.15, 0.2) is 147 Å². The van der Waals surface area contributed by atoms with E-state index in [-0.39, 0.29) is 114 Å². The predicted molar refractivity (Wildman–Crippen MR) is 222 cm³/mol. The van der Waals surface area contributed by atoms with Gasteiger partial charge in [-0.2, -0.15) is 13.8 Å². The fourth-order valence-electron chi connectivity index (χ4n) is 3.07. The molecule has 4 heterocycles. The summed E-state index contributed by atoms with van der Waals surface area (Å²) in [7, 11) is 0. The molecule has 0 aliphatic carbocycles. The molecule has 0 fully saturated rings. The van der Waals surface area contributed by atoms with E-state index in [1.54, 1.807) is 27.7 Å². The molecule has 0 N–H and O–H groups in total. The van der Waals surface area contributed by atoms with Gasteiger partial charge in [0.05, 0.1) is 48.1 Å². The molecule has 64 heavy (non-hydrogen) atoms. The van der Waals surface area contributed by atoms with Gasteiger partial charge in [0.25, 0.3) is 0 Å². The van der Waals surface area contributed by atoms with Gasteiger partial charge in [-0.25, -0.2) is 0 Å². The second-order valence-electron chi connectivity index (χ2n) is 10.6. The first kappa shape index (κ1) is 77.1. The Balaban J connectivity index is -0.0000000931. The molecular weight excluding hydrogens is 1040 g/mol. The molecule has 4 aromatic heterocycles. The average Bonchev–Trinajstić information content (AvgIpc) is 3.24. The molecule has 2 aromatic carbocycles. The first-order chi connectivity index (χ1) is 28.5. The van der Waals surface area contributed by atoms with Crippen molar-refractivity contribution in [1.82, 2.24) is 0 Å². The summed E-state index contributed by atoms with van der Waals surface area (Å²) in [5.41, 5.74) is 0.583. The summed E-state index contributed by atoms with van der Waals surface area (Å²) in [4.78, 5) is 41.9. The Morgan fingerprint density at radius 2 is 0.531 bits per heavy atom. The quantitative estimate of drug-likeness (QED) is 0.150. The van der Waals surface area contributed by atoms with Gasteiger partial charge in [0.2, 0.25) is 0 Å². The van der Waals surface area contributed by atoms with E-state index in [9.17, 15) is 39.6 Å². The van der Waals surface area contributed by atoms with E-state index in [4.69, 9.17) is 10.2 Å². The van der Waals surface area contributed by atoms with Gasteiger partial charge in [0, 0.05) is 24.3 Å².